The number of methoxy groups -OCH3 is 1. The van der Waals surface area contributed by atoms with Crippen LogP contribution in [0.1, 0.15) is 52.5 Å². The Balaban J connectivity index is 1.74. The monoisotopic (exact) mass is 499 g/mol. The number of aryl methyl sites for hydroxylation is 1. The lowest BCUT2D eigenvalue weighted by atomic mass is 9.94. The van der Waals surface area contributed by atoms with Gasteiger partial charge in [0.25, 0.3) is 11.7 Å². The maximum absolute atomic E-state index is 13.3. The fourth-order valence-corrected chi connectivity index (χ4v) is 4.36. The summed E-state index contributed by atoms with van der Waals surface area (Å²) in [5.41, 5.74) is 3.23. The van der Waals surface area contributed by atoms with Gasteiger partial charge in [0.05, 0.1) is 30.4 Å². The molecule has 1 saturated heterocycles. The van der Waals surface area contributed by atoms with E-state index in [2.05, 4.69) is 0 Å². The number of amides is 1. The summed E-state index contributed by atoms with van der Waals surface area (Å²) in [5, 5.41) is 11.2. The highest BCUT2D eigenvalue weighted by Crippen LogP contribution is 2.40. The van der Waals surface area contributed by atoms with E-state index >= 15 is 0 Å². The van der Waals surface area contributed by atoms with Crippen molar-refractivity contribution in [2.45, 2.75) is 39.5 Å². The number of Topliss-reactive ketones (excluding diaryl/α,β-unsaturated/α-hetero) is 1. The molecule has 1 atom stereocenters. The minimum absolute atomic E-state index is 0.0258. The lowest BCUT2D eigenvalue weighted by Gasteiger charge is -2.26. The van der Waals surface area contributed by atoms with Crippen LogP contribution in [0.25, 0.3) is 5.76 Å². The Bertz CT molecular complexity index is 1360. The average Bonchev–Trinajstić information content (AvgIpc) is 3.13. The standard InChI is InChI=1S/C30H29NO6/c1-18(2)37-30(35)22-10-8-20(9-11-22)17-31-26(23-7-5-6-19(3)16-23)25(28(33)29(31)34)27(32)21-12-14-24(36-4)15-13-21/h5-16,18,26,32H,17H2,1-4H3/b27-25+. The maximum Gasteiger partial charge on any atom is 0.338 e. The van der Waals surface area contributed by atoms with E-state index in [1.54, 1.807) is 62.4 Å². The van der Waals surface area contributed by atoms with Crippen molar-refractivity contribution in [3.8, 4) is 5.75 Å². The van der Waals surface area contributed by atoms with Crippen molar-refractivity contribution < 1.29 is 29.0 Å². The molecule has 7 nitrogen and oxygen atoms in total. The Hall–Kier alpha value is -4.39. The van der Waals surface area contributed by atoms with Crippen LogP contribution in [0.5, 0.6) is 5.75 Å². The van der Waals surface area contributed by atoms with Crippen molar-refractivity contribution in [2.75, 3.05) is 7.11 Å². The highest BCUT2D eigenvalue weighted by Gasteiger charge is 2.46. The van der Waals surface area contributed by atoms with Crippen LogP contribution >= 0.6 is 0 Å². The fourth-order valence-electron chi connectivity index (χ4n) is 4.36. The Labute approximate surface area is 215 Å². The molecule has 3 aromatic carbocycles. The first-order valence-corrected chi connectivity index (χ1v) is 12.0. The van der Waals surface area contributed by atoms with Crippen LogP contribution in [0.2, 0.25) is 0 Å². The molecule has 4 rings (SSSR count). The lowest BCUT2D eigenvalue weighted by Crippen LogP contribution is -2.29. The summed E-state index contributed by atoms with van der Waals surface area (Å²) < 4.78 is 10.4. The van der Waals surface area contributed by atoms with Crippen molar-refractivity contribution in [2.24, 2.45) is 0 Å². The van der Waals surface area contributed by atoms with Crippen LogP contribution in [0, 0.1) is 6.92 Å². The third kappa shape index (κ3) is 5.40. The summed E-state index contributed by atoms with van der Waals surface area (Å²) in [6.45, 7) is 5.59. The number of esters is 1. The zero-order valence-corrected chi connectivity index (χ0v) is 21.2. The van der Waals surface area contributed by atoms with Crippen molar-refractivity contribution in [1.82, 2.24) is 4.90 Å². The molecule has 0 bridgehead atoms. The van der Waals surface area contributed by atoms with E-state index < -0.39 is 23.7 Å². The number of nitrogens with zero attached hydrogens (tertiary/aromatic N) is 1. The molecule has 0 aliphatic carbocycles. The molecular formula is C30H29NO6. The van der Waals surface area contributed by atoms with Crippen LogP contribution in [0.4, 0.5) is 0 Å². The molecule has 1 aliphatic rings. The second-order valence-corrected chi connectivity index (χ2v) is 9.22. The second-order valence-electron chi connectivity index (χ2n) is 9.22. The van der Waals surface area contributed by atoms with Gasteiger partial charge in [-0.05, 0) is 68.3 Å². The molecule has 3 aromatic rings. The largest absolute Gasteiger partial charge is 0.507 e. The predicted molar refractivity (Wildman–Crippen MR) is 139 cm³/mol. The highest BCUT2D eigenvalue weighted by atomic mass is 16.5. The van der Waals surface area contributed by atoms with Crippen LogP contribution in [0.15, 0.2) is 78.4 Å². The summed E-state index contributed by atoms with van der Waals surface area (Å²) in [6.07, 6.45) is -0.237. The minimum Gasteiger partial charge on any atom is -0.507 e. The Morgan fingerprint density at radius 3 is 2.22 bits per heavy atom. The number of hydrogen-bond donors (Lipinski definition) is 1. The van der Waals surface area contributed by atoms with Gasteiger partial charge < -0.3 is 19.5 Å². The molecule has 190 valence electrons. The Kier molecular flexibility index (Phi) is 7.43. The summed E-state index contributed by atoms with van der Waals surface area (Å²) in [4.78, 5) is 40.2. The van der Waals surface area contributed by atoms with E-state index in [9.17, 15) is 19.5 Å². The molecule has 0 spiro atoms. The average molecular weight is 500 g/mol. The summed E-state index contributed by atoms with van der Waals surface area (Å²) in [5.74, 6) is -1.53. The molecule has 0 aromatic heterocycles. The van der Waals surface area contributed by atoms with Crippen LogP contribution in [-0.4, -0.2) is 40.9 Å². The molecule has 1 N–H and O–H groups in total. The van der Waals surface area contributed by atoms with Gasteiger partial charge in [-0.3, -0.25) is 9.59 Å². The number of hydrogen-bond acceptors (Lipinski definition) is 6. The molecule has 1 heterocycles. The zero-order valence-electron chi connectivity index (χ0n) is 21.2. The van der Waals surface area contributed by atoms with E-state index in [1.165, 1.54) is 12.0 Å². The van der Waals surface area contributed by atoms with Gasteiger partial charge in [-0.15, -0.1) is 0 Å². The Morgan fingerprint density at radius 2 is 1.62 bits per heavy atom. The van der Waals surface area contributed by atoms with Crippen molar-refractivity contribution in [1.29, 1.82) is 0 Å². The van der Waals surface area contributed by atoms with Gasteiger partial charge in [0.2, 0.25) is 0 Å². The number of benzene rings is 3. The minimum atomic E-state index is -0.785. The highest BCUT2D eigenvalue weighted by molar-refractivity contribution is 6.46. The SMILES string of the molecule is COc1ccc(/C(O)=C2\C(=O)C(=O)N(Cc3ccc(C(=O)OC(C)C)cc3)C2c2cccc(C)c2)cc1. The zero-order chi connectivity index (χ0) is 26.7. The molecule has 1 unspecified atom stereocenters. The molecule has 1 aliphatic heterocycles. The van der Waals surface area contributed by atoms with Crippen LogP contribution in [-0.2, 0) is 20.9 Å². The molecule has 1 amide bonds. The molecule has 1 fully saturated rings. The van der Waals surface area contributed by atoms with Gasteiger partial charge in [0.1, 0.15) is 11.5 Å². The molecule has 7 heteroatoms. The number of ether oxygens (including phenoxy) is 2. The predicted octanol–water partition coefficient (Wildman–Crippen LogP) is 5.19. The van der Waals surface area contributed by atoms with Gasteiger partial charge in [-0.1, -0.05) is 42.0 Å². The van der Waals surface area contributed by atoms with Crippen molar-refractivity contribution in [3.63, 3.8) is 0 Å². The number of likely N-dealkylation sites (tertiary alicyclic amines) is 1. The van der Waals surface area contributed by atoms with Gasteiger partial charge in [0, 0.05) is 12.1 Å². The van der Waals surface area contributed by atoms with Crippen molar-refractivity contribution >= 4 is 23.4 Å². The first kappa shape index (κ1) is 25.7. The number of rotatable bonds is 7. The summed E-state index contributed by atoms with van der Waals surface area (Å²) in [7, 11) is 1.54. The first-order chi connectivity index (χ1) is 17.7. The molecule has 0 radical (unpaired) electrons. The number of ketones is 1. The van der Waals surface area contributed by atoms with E-state index in [0.717, 1.165) is 11.1 Å². The van der Waals surface area contributed by atoms with Gasteiger partial charge in [0.15, 0.2) is 0 Å². The Morgan fingerprint density at radius 1 is 0.973 bits per heavy atom. The van der Waals surface area contributed by atoms with E-state index in [0.29, 0.717) is 22.4 Å². The third-order valence-corrected chi connectivity index (χ3v) is 6.15. The van der Waals surface area contributed by atoms with Gasteiger partial charge in [-0.2, -0.15) is 0 Å². The number of aliphatic hydroxyl groups is 1. The van der Waals surface area contributed by atoms with E-state index in [-0.39, 0.29) is 24.0 Å². The molecule has 0 saturated carbocycles. The number of aliphatic hydroxyl groups excluding tert-OH is 1. The lowest BCUT2D eigenvalue weighted by molar-refractivity contribution is -0.140. The smallest absolute Gasteiger partial charge is 0.338 e. The van der Waals surface area contributed by atoms with Gasteiger partial charge >= 0.3 is 5.97 Å². The van der Waals surface area contributed by atoms with Crippen LogP contribution in [0.3, 0.4) is 0 Å². The molecular weight excluding hydrogens is 470 g/mol. The van der Waals surface area contributed by atoms with E-state index in [1.807, 2.05) is 31.2 Å². The maximum atomic E-state index is 13.3. The number of carbonyl (C=O) groups excluding carboxylic acids is 3. The van der Waals surface area contributed by atoms with Gasteiger partial charge in [-0.25, -0.2) is 4.79 Å². The third-order valence-electron chi connectivity index (χ3n) is 6.15. The quantitative estimate of drug-likeness (QED) is 0.208. The number of carbonyl (C=O) groups is 3. The summed E-state index contributed by atoms with van der Waals surface area (Å²) >= 11 is 0. The van der Waals surface area contributed by atoms with Crippen LogP contribution < -0.4 is 4.74 Å². The fraction of sp³-hybridized carbons (Fsp3) is 0.233. The first-order valence-electron chi connectivity index (χ1n) is 12.0. The van der Waals surface area contributed by atoms with Crippen molar-refractivity contribution in [3.05, 3.63) is 106 Å². The molecule has 37 heavy (non-hydrogen) atoms. The summed E-state index contributed by atoms with van der Waals surface area (Å²) in [6, 6.07) is 20.1. The second kappa shape index (κ2) is 10.7. The normalized spacial score (nSPS) is 16.8. The van der Waals surface area contributed by atoms with E-state index in [4.69, 9.17) is 9.47 Å². The topological polar surface area (TPSA) is 93.1 Å².